The zero-order valence-corrected chi connectivity index (χ0v) is 5.81. The van der Waals surface area contributed by atoms with Gasteiger partial charge >= 0.3 is 5.97 Å². The first-order chi connectivity index (χ1) is 4.13. The first-order valence-corrected chi connectivity index (χ1v) is 3.35. The summed E-state index contributed by atoms with van der Waals surface area (Å²) in [6.07, 6.45) is 1.53. The fraction of sp³-hybridized carbons (Fsp3) is 0.857. The van der Waals surface area contributed by atoms with Crippen molar-refractivity contribution < 1.29 is 9.90 Å². The van der Waals surface area contributed by atoms with Crippen LogP contribution in [-0.4, -0.2) is 5.97 Å². The number of hydrogen-bond donors (Lipinski definition) is 0. The predicted molar refractivity (Wildman–Crippen MR) is 32.2 cm³/mol. The predicted octanol–water partition coefficient (Wildman–Crippen LogP) is 1.38. The van der Waals surface area contributed by atoms with Gasteiger partial charge in [-0.15, -0.1) is 0 Å². The van der Waals surface area contributed by atoms with Gasteiger partial charge < -0.3 is 0 Å². The van der Waals surface area contributed by atoms with Crippen LogP contribution in [0.3, 0.4) is 0 Å². The summed E-state index contributed by atoms with van der Waals surface area (Å²) in [6.45, 7) is 3.86. The van der Waals surface area contributed by atoms with Crippen LogP contribution in [0.15, 0.2) is 0 Å². The van der Waals surface area contributed by atoms with Crippen molar-refractivity contribution in [2.45, 2.75) is 26.7 Å². The molecule has 2 nitrogen and oxygen atoms in total. The van der Waals surface area contributed by atoms with E-state index >= 15 is 0 Å². The topological polar surface area (TPSA) is 37.0 Å². The Kier molecular flexibility index (Phi) is 1.26. The maximum absolute atomic E-state index is 10.4. The Hall–Kier alpha value is -0.530. The lowest BCUT2D eigenvalue weighted by Crippen LogP contribution is -2.13. The first kappa shape index (κ1) is 6.59. The average molecular weight is 127 g/mol. The summed E-state index contributed by atoms with van der Waals surface area (Å²) in [7, 11) is 0. The largest absolute Gasteiger partial charge is 0.361 e. The zero-order valence-electron chi connectivity index (χ0n) is 5.81. The van der Waals surface area contributed by atoms with Gasteiger partial charge in [0.25, 0.3) is 0 Å². The molecule has 0 aromatic carbocycles. The van der Waals surface area contributed by atoms with Crippen LogP contribution < -0.4 is 0 Å². The molecule has 1 fully saturated rings. The molecule has 0 heterocycles. The van der Waals surface area contributed by atoms with Crippen molar-refractivity contribution >= 4 is 5.97 Å². The lowest BCUT2D eigenvalue weighted by Gasteiger charge is -2.02. The SMILES string of the molecule is CCC1(C([O])=O)CC1C. The maximum Gasteiger partial charge on any atom is 0.361 e. The Labute approximate surface area is 54.9 Å². The molecule has 2 atom stereocenters. The van der Waals surface area contributed by atoms with E-state index in [2.05, 4.69) is 0 Å². The quantitative estimate of drug-likeness (QED) is 0.552. The molecule has 1 radical (unpaired) electrons. The fourth-order valence-electron chi connectivity index (χ4n) is 1.41. The van der Waals surface area contributed by atoms with E-state index in [0.717, 1.165) is 12.8 Å². The Morgan fingerprint density at radius 1 is 1.78 bits per heavy atom. The van der Waals surface area contributed by atoms with Gasteiger partial charge in [-0.05, 0) is 18.8 Å². The highest BCUT2D eigenvalue weighted by Gasteiger charge is 2.57. The highest BCUT2D eigenvalue weighted by molar-refractivity contribution is 5.77. The van der Waals surface area contributed by atoms with Crippen molar-refractivity contribution in [2.24, 2.45) is 11.3 Å². The van der Waals surface area contributed by atoms with Gasteiger partial charge in [0.15, 0.2) is 0 Å². The third kappa shape index (κ3) is 0.732. The summed E-state index contributed by atoms with van der Waals surface area (Å²) in [6, 6.07) is 0. The molecule has 1 aliphatic rings. The standard InChI is InChI=1S/C7H11O2/c1-3-7(6(8)9)4-5(7)2/h5H,3-4H2,1-2H3. The van der Waals surface area contributed by atoms with Crippen molar-refractivity contribution in [1.29, 1.82) is 0 Å². The smallest absolute Gasteiger partial charge is 0.247 e. The van der Waals surface area contributed by atoms with E-state index in [-0.39, 0.29) is 0 Å². The molecule has 0 saturated heterocycles. The van der Waals surface area contributed by atoms with Crippen LogP contribution in [0.25, 0.3) is 0 Å². The Balaban J connectivity index is 2.62. The molecule has 2 heteroatoms. The molecule has 9 heavy (non-hydrogen) atoms. The third-order valence-corrected chi connectivity index (χ3v) is 2.49. The van der Waals surface area contributed by atoms with Gasteiger partial charge in [0.05, 0.1) is 5.41 Å². The van der Waals surface area contributed by atoms with Crippen LogP contribution in [0.2, 0.25) is 0 Å². The second kappa shape index (κ2) is 1.72. The van der Waals surface area contributed by atoms with Crippen molar-refractivity contribution in [3.63, 3.8) is 0 Å². The Morgan fingerprint density at radius 2 is 2.22 bits per heavy atom. The van der Waals surface area contributed by atoms with Gasteiger partial charge in [0, 0.05) is 0 Å². The summed E-state index contributed by atoms with van der Waals surface area (Å²) in [4.78, 5) is 10.4. The van der Waals surface area contributed by atoms with Gasteiger partial charge in [0.2, 0.25) is 0 Å². The van der Waals surface area contributed by atoms with Crippen LogP contribution in [0, 0.1) is 11.3 Å². The van der Waals surface area contributed by atoms with Crippen LogP contribution in [-0.2, 0) is 9.90 Å². The fourth-order valence-corrected chi connectivity index (χ4v) is 1.41. The lowest BCUT2D eigenvalue weighted by atomic mass is 10.0. The third-order valence-electron chi connectivity index (χ3n) is 2.49. The van der Waals surface area contributed by atoms with Crippen molar-refractivity contribution in [1.82, 2.24) is 0 Å². The number of rotatable bonds is 2. The molecule has 0 N–H and O–H groups in total. The Bertz CT molecular complexity index is 138. The second-order valence-electron chi connectivity index (χ2n) is 2.90. The highest BCUT2D eigenvalue weighted by Crippen LogP contribution is 2.54. The maximum atomic E-state index is 10.4. The Morgan fingerprint density at radius 3 is 2.22 bits per heavy atom. The van der Waals surface area contributed by atoms with Crippen molar-refractivity contribution in [3.05, 3.63) is 0 Å². The van der Waals surface area contributed by atoms with E-state index in [0.29, 0.717) is 5.92 Å². The monoisotopic (exact) mass is 127 g/mol. The van der Waals surface area contributed by atoms with Crippen molar-refractivity contribution in [2.75, 3.05) is 0 Å². The zero-order chi connectivity index (χ0) is 7.07. The molecule has 0 aromatic rings. The number of carbonyl (C=O) groups excluding carboxylic acids is 1. The van der Waals surface area contributed by atoms with Crippen molar-refractivity contribution in [3.8, 4) is 0 Å². The van der Waals surface area contributed by atoms with E-state index in [4.69, 9.17) is 0 Å². The van der Waals surface area contributed by atoms with Crippen LogP contribution in [0.4, 0.5) is 0 Å². The minimum absolute atomic E-state index is 0.340. The number of hydrogen-bond acceptors (Lipinski definition) is 1. The van der Waals surface area contributed by atoms with Gasteiger partial charge in [-0.1, -0.05) is 13.8 Å². The first-order valence-electron chi connectivity index (χ1n) is 3.35. The molecular formula is C7H11O2. The minimum atomic E-state index is -0.863. The molecule has 0 aromatic heterocycles. The van der Waals surface area contributed by atoms with E-state index in [1.807, 2.05) is 13.8 Å². The summed E-state index contributed by atoms with van der Waals surface area (Å²) in [5, 5.41) is 10.4. The molecule has 0 aliphatic heterocycles. The number of carbonyl (C=O) groups is 1. The molecule has 1 saturated carbocycles. The molecule has 0 bridgehead atoms. The van der Waals surface area contributed by atoms with Crippen LogP contribution in [0.5, 0.6) is 0 Å². The molecule has 2 unspecified atom stereocenters. The summed E-state index contributed by atoms with van der Waals surface area (Å²) >= 11 is 0. The molecule has 0 spiro atoms. The van der Waals surface area contributed by atoms with Gasteiger partial charge in [-0.25, -0.2) is 9.90 Å². The molecule has 1 aliphatic carbocycles. The van der Waals surface area contributed by atoms with E-state index < -0.39 is 11.4 Å². The minimum Gasteiger partial charge on any atom is -0.247 e. The normalized spacial score (nSPS) is 40.4. The van der Waals surface area contributed by atoms with Gasteiger partial charge in [0.1, 0.15) is 0 Å². The molecule has 0 amide bonds. The van der Waals surface area contributed by atoms with Crippen LogP contribution >= 0.6 is 0 Å². The molecule has 51 valence electrons. The van der Waals surface area contributed by atoms with E-state index in [9.17, 15) is 9.90 Å². The van der Waals surface area contributed by atoms with Gasteiger partial charge in [-0.2, -0.15) is 0 Å². The second-order valence-corrected chi connectivity index (χ2v) is 2.90. The van der Waals surface area contributed by atoms with Gasteiger partial charge in [-0.3, -0.25) is 0 Å². The lowest BCUT2D eigenvalue weighted by molar-refractivity contribution is -0.150. The summed E-state index contributed by atoms with van der Waals surface area (Å²) in [5.41, 5.74) is -0.444. The molecular weight excluding hydrogens is 116 g/mol. The summed E-state index contributed by atoms with van der Waals surface area (Å²) in [5.74, 6) is -0.523. The van der Waals surface area contributed by atoms with Crippen LogP contribution in [0.1, 0.15) is 26.7 Å². The highest BCUT2D eigenvalue weighted by atomic mass is 16.4. The van der Waals surface area contributed by atoms with E-state index in [1.54, 1.807) is 0 Å². The average Bonchev–Trinajstić information content (AvgIpc) is 2.43. The summed E-state index contributed by atoms with van der Waals surface area (Å²) < 4.78 is 0. The molecule has 1 rings (SSSR count). The van der Waals surface area contributed by atoms with E-state index in [1.165, 1.54) is 0 Å².